The van der Waals surface area contributed by atoms with Crippen LogP contribution in [0.5, 0.6) is 0 Å². The number of hydrogen-bond acceptors (Lipinski definition) is 2. The molecule has 0 aliphatic rings. The molecule has 0 amide bonds. The lowest BCUT2D eigenvalue weighted by molar-refractivity contribution is 0.637. The third-order valence-electron chi connectivity index (χ3n) is 3.30. The van der Waals surface area contributed by atoms with Crippen LogP contribution in [0.3, 0.4) is 0 Å². The Morgan fingerprint density at radius 3 is 2.12 bits per heavy atom. The van der Waals surface area contributed by atoms with Crippen molar-refractivity contribution in [2.24, 2.45) is 0 Å². The Morgan fingerprint density at radius 1 is 1.19 bits per heavy atom. The van der Waals surface area contributed by atoms with Crippen LogP contribution in [0.4, 0.5) is 0 Å². The molecule has 2 nitrogen and oxygen atoms in total. The third kappa shape index (κ3) is 2.62. The second kappa shape index (κ2) is 5.14. The van der Waals surface area contributed by atoms with Crippen molar-refractivity contribution in [3.05, 3.63) is 33.9 Å². The number of hydrogen-bond donors (Lipinski definition) is 1. The Hall–Kier alpha value is -1.33. The molecule has 0 aromatic heterocycles. The van der Waals surface area contributed by atoms with Crippen LogP contribution in [0.2, 0.25) is 0 Å². The Balaban J connectivity index is 3.00. The first-order valence-corrected chi connectivity index (χ1v) is 5.66. The van der Waals surface area contributed by atoms with Gasteiger partial charge < -0.3 is 0 Å². The van der Waals surface area contributed by atoms with E-state index in [4.69, 9.17) is 5.26 Å². The quantitative estimate of drug-likeness (QED) is 0.843. The zero-order valence-electron chi connectivity index (χ0n) is 10.8. The van der Waals surface area contributed by atoms with Crippen molar-refractivity contribution in [2.75, 3.05) is 0 Å². The van der Waals surface area contributed by atoms with E-state index < -0.39 is 0 Å². The van der Waals surface area contributed by atoms with Gasteiger partial charge in [-0.05, 0) is 62.4 Å². The van der Waals surface area contributed by atoms with E-state index >= 15 is 0 Å². The van der Waals surface area contributed by atoms with E-state index in [2.05, 4.69) is 45.1 Å². The molecule has 1 unspecified atom stereocenters. The molecule has 1 rings (SSSR count). The SMILES string of the molecule is Cc1cc(C)c(C)c(CNC(C)C#N)c1C. The highest BCUT2D eigenvalue weighted by Gasteiger charge is 2.09. The summed E-state index contributed by atoms with van der Waals surface area (Å²) in [6.45, 7) is 11.2. The number of benzene rings is 1. The van der Waals surface area contributed by atoms with Crippen molar-refractivity contribution in [2.45, 2.75) is 47.2 Å². The average molecular weight is 216 g/mol. The van der Waals surface area contributed by atoms with Gasteiger partial charge in [0.05, 0.1) is 12.1 Å². The maximum Gasteiger partial charge on any atom is 0.0927 e. The summed E-state index contributed by atoms with van der Waals surface area (Å²) in [5.41, 5.74) is 6.65. The molecule has 1 aromatic carbocycles. The predicted molar refractivity (Wildman–Crippen MR) is 67.3 cm³/mol. The first-order chi connectivity index (χ1) is 7.47. The molecule has 0 spiro atoms. The smallest absolute Gasteiger partial charge is 0.0927 e. The number of rotatable bonds is 3. The van der Waals surface area contributed by atoms with Crippen molar-refractivity contribution in [1.29, 1.82) is 5.26 Å². The van der Waals surface area contributed by atoms with Gasteiger partial charge in [-0.1, -0.05) is 6.07 Å². The minimum absolute atomic E-state index is 0.0976. The third-order valence-corrected chi connectivity index (χ3v) is 3.30. The van der Waals surface area contributed by atoms with Gasteiger partial charge in [-0.3, -0.25) is 5.32 Å². The number of aryl methyl sites for hydroxylation is 2. The van der Waals surface area contributed by atoms with Crippen LogP contribution in [0, 0.1) is 39.0 Å². The topological polar surface area (TPSA) is 35.8 Å². The second-order valence-corrected chi connectivity index (χ2v) is 4.47. The summed E-state index contributed by atoms with van der Waals surface area (Å²) in [6.07, 6.45) is 0. The fraction of sp³-hybridized carbons (Fsp3) is 0.500. The fourth-order valence-corrected chi connectivity index (χ4v) is 1.86. The van der Waals surface area contributed by atoms with Crippen LogP contribution in [0.25, 0.3) is 0 Å². The molecule has 16 heavy (non-hydrogen) atoms. The van der Waals surface area contributed by atoms with Gasteiger partial charge in [-0.15, -0.1) is 0 Å². The monoisotopic (exact) mass is 216 g/mol. The van der Waals surface area contributed by atoms with E-state index in [9.17, 15) is 0 Å². The Bertz CT molecular complexity index is 401. The lowest BCUT2D eigenvalue weighted by atomic mass is 9.94. The summed E-state index contributed by atoms with van der Waals surface area (Å²) < 4.78 is 0. The van der Waals surface area contributed by atoms with Gasteiger partial charge in [0.1, 0.15) is 0 Å². The largest absolute Gasteiger partial charge is 0.298 e. The van der Waals surface area contributed by atoms with Crippen LogP contribution in [-0.4, -0.2) is 6.04 Å². The molecule has 0 saturated heterocycles. The molecule has 2 heteroatoms. The zero-order valence-corrected chi connectivity index (χ0v) is 10.8. The summed E-state index contributed by atoms with van der Waals surface area (Å²) in [6, 6.07) is 4.32. The number of nitrogens with zero attached hydrogens (tertiary/aromatic N) is 1. The van der Waals surface area contributed by atoms with E-state index in [0.717, 1.165) is 6.54 Å². The molecule has 1 aromatic rings. The fourth-order valence-electron chi connectivity index (χ4n) is 1.86. The van der Waals surface area contributed by atoms with Crippen molar-refractivity contribution in [1.82, 2.24) is 5.32 Å². The molecule has 1 atom stereocenters. The lowest BCUT2D eigenvalue weighted by Crippen LogP contribution is -2.24. The van der Waals surface area contributed by atoms with Crippen LogP contribution < -0.4 is 5.32 Å². The number of nitrogens with one attached hydrogen (secondary N) is 1. The molecule has 0 radical (unpaired) electrons. The highest BCUT2D eigenvalue weighted by atomic mass is 14.9. The van der Waals surface area contributed by atoms with Gasteiger partial charge >= 0.3 is 0 Å². The lowest BCUT2D eigenvalue weighted by Gasteiger charge is -2.16. The molecule has 0 bridgehead atoms. The summed E-state index contributed by atoms with van der Waals surface area (Å²) in [7, 11) is 0. The molecule has 0 saturated carbocycles. The van der Waals surface area contributed by atoms with Gasteiger partial charge in [-0.25, -0.2) is 0 Å². The number of nitriles is 1. The summed E-state index contributed by atoms with van der Waals surface area (Å²) in [4.78, 5) is 0. The minimum atomic E-state index is -0.0976. The molecule has 86 valence electrons. The standard InChI is InChI=1S/C14H20N2/c1-9-6-10(2)13(5)14(12(9)4)8-16-11(3)7-15/h6,11,16H,8H2,1-5H3. The molecule has 0 heterocycles. The molecule has 0 aliphatic carbocycles. The van der Waals surface area contributed by atoms with Crippen LogP contribution >= 0.6 is 0 Å². The second-order valence-electron chi connectivity index (χ2n) is 4.47. The molecular weight excluding hydrogens is 196 g/mol. The van der Waals surface area contributed by atoms with Crippen molar-refractivity contribution >= 4 is 0 Å². The maximum atomic E-state index is 8.75. The van der Waals surface area contributed by atoms with Gasteiger partial charge in [0, 0.05) is 6.54 Å². The van der Waals surface area contributed by atoms with Crippen LogP contribution in [-0.2, 0) is 6.54 Å². The van der Waals surface area contributed by atoms with Gasteiger partial charge in [0.2, 0.25) is 0 Å². The van der Waals surface area contributed by atoms with Crippen LogP contribution in [0.15, 0.2) is 6.07 Å². The maximum absolute atomic E-state index is 8.75. The van der Waals surface area contributed by atoms with E-state index in [1.165, 1.54) is 27.8 Å². The first-order valence-electron chi connectivity index (χ1n) is 5.66. The zero-order chi connectivity index (χ0) is 12.3. The van der Waals surface area contributed by atoms with Crippen molar-refractivity contribution in [3.63, 3.8) is 0 Å². The summed E-state index contributed by atoms with van der Waals surface area (Å²) in [5.74, 6) is 0. The minimum Gasteiger partial charge on any atom is -0.298 e. The molecule has 0 fully saturated rings. The van der Waals surface area contributed by atoms with Crippen molar-refractivity contribution in [3.8, 4) is 6.07 Å². The predicted octanol–water partition coefficient (Wildman–Crippen LogP) is 2.92. The van der Waals surface area contributed by atoms with Gasteiger partial charge in [-0.2, -0.15) is 5.26 Å². The highest BCUT2D eigenvalue weighted by Crippen LogP contribution is 2.21. The molecule has 0 aliphatic heterocycles. The summed E-state index contributed by atoms with van der Waals surface area (Å²) in [5, 5.41) is 12.0. The highest BCUT2D eigenvalue weighted by molar-refractivity contribution is 5.43. The normalized spacial score (nSPS) is 12.2. The van der Waals surface area contributed by atoms with E-state index in [1.807, 2.05) is 6.92 Å². The van der Waals surface area contributed by atoms with E-state index in [1.54, 1.807) is 0 Å². The van der Waals surface area contributed by atoms with E-state index in [-0.39, 0.29) is 6.04 Å². The first kappa shape index (κ1) is 12.7. The Labute approximate surface area is 98.3 Å². The Morgan fingerprint density at radius 2 is 1.69 bits per heavy atom. The van der Waals surface area contributed by atoms with E-state index in [0.29, 0.717) is 0 Å². The van der Waals surface area contributed by atoms with Crippen molar-refractivity contribution < 1.29 is 0 Å². The molecular formula is C14H20N2. The molecule has 1 N–H and O–H groups in total. The Kier molecular flexibility index (Phi) is 4.09. The van der Waals surface area contributed by atoms with Gasteiger partial charge in [0.15, 0.2) is 0 Å². The summed E-state index contributed by atoms with van der Waals surface area (Å²) >= 11 is 0. The average Bonchev–Trinajstić information content (AvgIpc) is 2.26. The van der Waals surface area contributed by atoms with Gasteiger partial charge in [0.25, 0.3) is 0 Å². The van der Waals surface area contributed by atoms with Crippen LogP contribution in [0.1, 0.15) is 34.7 Å².